The molecule has 24 heavy (non-hydrogen) atoms. The minimum atomic E-state index is -1.71. The third-order valence-electron chi connectivity index (χ3n) is 5.97. The summed E-state index contributed by atoms with van der Waals surface area (Å²) in [6.45, 7) is 13.9. The molecule has 0 aliphatic carbocycles. The second-order valence-corrected chi connectivity index (χ2v) is 14.7. The van der Waals surface area contributed by atoms with Crippen molar-refractivity contribution in [2.24, 2.45) is 0 Å². The Hall–Kier alpha value is -0.0208. The van der Waals surface area contributed by atoms with Crippen molar-refractivity contribution in [3.8, 4) is 0 Å². The normalized spacial score (nSPS) is 30.3. The largest absolute Gasteiger partial charge is 1.00 e. The van der Waals surface area contributed by atoms with Crippen molar-refractivity contribution in [3.63, 3.8) is 0 Å². The Bertz CT molecular complexity index is 570. The maximum Gasteiger partial charge on any atom is 1.00 e. The molecular formula is C18H30BLiO3Si. The molecule has 0 amide bonds. The maximum atomic E-state index is 6.56. The summed E-state index contributed by atoms with van der Waals surface area (Å²) in [5.41, 5.74) is 0.894. The van der Waals surface area contributed by atoms with Gasteiger partial charge in [-0.3, -0.25) is 0 Å². The van der Waals surface area contributed by atoms with Crippen molar-refractivity contribution >= 4 is 14.8 Å². The molecule has 0 saturated carbocycles. The third-order valence-corrected chi connectivity index (χ3v) is 8.83. The van der Waals surface area contributed by atoms with E-state index >= 15 is 0 Å². The molecule has 1 aromatic rings. The summed E-state index contributed by atoms with van der Waals surface area (Å²) in [6.07, 6.45) is 1.06. The summed E-state index contributed by atoms with van der Waals surface area (Å²) in [6, 6.07) is 10.5. The number of benzene rings is 1. The van der Waals surface area contributed by atoms with Gasteiger partial charge in [0.05, 0.1) is 0 Å². The molecule has 2 heterocycles. The van der Waals surface area contributed by atoms with E-state index in [0.29, 0.717) is 5.44 Å². The molecule has 2 atom stereocenters. The van der Waals surface area contributed by atoms with Crippen LogP contribution in [0.15, 0.2) is 30.3 Å². The van der Waals surface area contributed by atoms with E-state index in [9.17, 15) is 0 Å². The monoisotopic (exact) mass is 340 g/mol. The van der Waals surface area contributed by atoms with Crippen molar-refractivity contribution in [1.29, 1.82) is 0 Å². The molecular weight excluding hydrogens is 310 g/mol. The van der Waals surface area contributed by atoms with Crippen LogP contribution >= 0.6 is 0 Å². The zero-order valence-electron chi connectivity index (χ0n) is 16.6. The van der Waals surface area contributed by atoms with Crippen molar-refractivity contribution in [2.75, 3.05) is 0 Å². The van der Waals surface area contributed by atoms with Crippen LogP contribution in [0.5, 0.6) is 0 Å². The predicted octanol–water partition coefficient (Wildman–Crippen LogP) is 1.94. The fourth-order valence-electron chi connectivity index (χ4n) is 3.97. The van der Waals surface area contributed by atoms with E-state index in [2.05, 4.69) is 71.6 Å². The standard InChI is InChI=1S/C18H30BO3Si.Li/c1-17(2)18(3,4)22-19(21-17)16(23(5,6)7)13-15(20-19)14-11-9-8-10-12-14;/h8-12,15-16H,13H2,1-7H3;/q-1;+1/t15-,16-;/m0./s1. The fourth-order valence-corrected chi connectivity index (χ4v) is 6.33. The molecule has 2 saturated heterocycles. The average Bonchev–Trinajstić information content (AvgIpc) is 2.85. The first kappa shape index (κ1) is 20.3. The van der Waals surface area contributed by atoms with Gasteiger partial charge in [0.1, 0.15) is 0 Å². The Kier molecular flexibility index (Phi) is 5.33. The summed E-state index contributed by atoms with van der Waals surface area (Å²) in [4.78, 5) is 0. The van der Waals surface area contributed by atoms with Crippen LogP contribution in [0.4, 0.5) is 0 Å². The van der Waals surface area contributed by atoms with Gasteiger partial charge in [0.15, 0.2) is 0 Å². The summed E-state index contributed by atoms with van der Waals surface area (Å²) >= 11 is 0. The van der Waals surface area contributed by atoms with Gasteiger partial charge in [-0.15, -0.1) is 0 Å². The smallest absolute Gasteiger partial charge is 0.539 e. The Morgan fingerprint density at radius 2 is 1.46 bits per heavy atom. The van der Waals surface area contributed by atoms with Crippen LogP contribution in [-0.4, -0.2) is 26.0 Å². The average molecular weight is 340 g/mol. The van der Waals surface area contributed by atoms with Crippen LogP contribution in [0, 0.1) is 0 Å². The van der Waals surface area contributed by atoms with Crippen LogP contribution < -0.4 is 18.9 Å². The summed E-state index contributed by atoms with van der Waals surface area (Å²) in [5, 5.41) is 0. The van der Waals surface area contributed by atoms with Gasteiger partial charge >= 0.3 is 25.6 Å². The van der Waals surface area contributed by atoms with E-state index < -0.39 is 14.8 Å². The summed E-state index contributed by atoms with van der Waals surface area (Å²) in [5.74, 6) is 0. The van der Waals surface area contributed by atoms with Gasteiger partial charge in [-0.2, -0.15) is 0 Å². The Balaban J connectivity index is 0.00000208. The van der Waals surface area contributed by atoms with Gasteiger partial charge in [-0.05, 0) is 33.3 Å². The molecule has 0 aromatic heterocycles. The molecule has 0 bridgehead atoms. The number of rotatable bonds is 2. The van der Waals surface area contributed by atoms with E-state index in [-0.39, 0.29) is 36.2 Å². The molecule has 0 radical (unpaired) electrons. The minimum absolute atomic E-state index is 0. The topological polar surface area (TPSA) is 27.7 Å². The van der Waals surface area contributed by atoms with Crippen molar-refractivity contribution < 1.29 is 32.8 Å². The van der Waals surface area contributed by atoms with Crippen LogP contribution in [-0.2, 0) is 14.0 Å². The first-order valence-electron chi connectivity index (χ1n) is 8.74. The molecule has 0 N–H and O–H groups in total. The molecule has 2 fully saturated rings. The maximum absolute atomic E-state index is 6.56. The van der Waals surface area contributed by atoms with Crippen LogP contribution in [0.2, 0.25) is 25.1 Å². The van der Waals surface area contributed by atoms with Crippen LogP contribution in [0.1, 0.15) is 45.8 Å². The quantitative estimate of drug-likeness (QED) is 0.770. The molecule has 6 heteroatoms. The van der Waals surface area contributed by atoms with E-state index in [1.54, 1.807) is 0 Å². The Morgan fingerprint density at radius 1 is 0.958 bits per heavy atom. The first-order valence-corrected chi connectivity index (χ1v) is 12.3. The van der Waals surface area contributed by atoms with Gasteiger partial charge in [-0.25, -0.2) is 0 Å². The third kappa shape index (κ3) is 3.32. The molecule has 1 spiro atoms. The van der Waals surface area contributed by atoms with Gasteiger partial charge in [0, 0.05) is 25.4 Å². The molecule has 0 unspecified atom stereocenters. The van der Waals surface area contributed by atoms with Crippen molar-refractivity contribution in [1.82, 2.24) is 0 Å². The molecule has 2 aliphatic rings. The summed E-state index contributed by atoms with van der Waals surface area (Å²) in [7, 11) is -1.51. The second kappa shape index (κ2) is 6.30. The minimum Gasteiger partial charge on any atom is -0.539 e. The molecule has 3 rings (SSSR count). The zero-order valence-corrected chi connectivity index (χ0v) is 17.6. The Labute approximate surface area is 160 Å². The van der Waals surface area contributed by atoms with Gasteiger partial charge in [-0.1, -0.05) is 61.8 Å². The van der Waals surface area contributed by atoms with E-state index in [1.807, 2.05) is 6.07 Å². The first-order chi connectivity index (χ1) is 10.5. The summed E-state index contributed by atoms with van der Waals surface area (Å²) < 4.78 is 19.7. The molecule has 128 valence electrons. The predicted molar refractivity (Wildman–Crippen MR) is 98.1 cm³/mol. The van der Waals surface area contributed by atoms with Crippen molar-refractivity contribution in [2.45, 2.75) is 76.5 Å². The SMILES string of the molecule is CC1(C)O[B-]2(O[C@H](c3ccccc3)C[C@@H]2[Si](C)(C)C)OC1(C)C.[Li+]. The van der Waals surface area contributed by atoms with Crippen LogP contribution in [0.3, 0.4) is 0 Å². The molecule has 2 aliphatic heterocycles. The van der Waals surface area contributed by atoms with Gasteiger partial charge in [0.25, 0.3) is 0 Å². The van der Waals surface area contributed by atoms with E-state index in [4.69, 9.17) is 14.0 Å². The molecule has 1 aromatic carbocycles. The fraction of sp³-hybridized carbons (Fsp3) is 0.667. The zero-order chi connectivity index (χ0) is 17.1. The number of hydrogen-bond acceptors (Lipinski definition) is 3. The van der Waals surface area contributed by atoms with E-state index in [1.165, 1.54) is 5.56 Å². The Morgan fingerprint density at radius 3 is 1.92 bits per heavy atom. The second-order valence-electron chi connectivity index (χ2n) is 9.20. The molecule has 3 nitrogen and oxygen atoms in total. The van der Waals surface area contributed by atoms with Gasteiger partial charge in [0.2, 0.25) is 0 Å². The van der Waals surface area contributed by atoms with Gasteiger partial charge < -0.3 is 14.0 Å². The van der Waals surface area contributed by atoms with E-state index in [0.717, 1.165) is 6.42 Å². The van der Waals surface area contributed by atoms with Crippen molar-refractivity contribution in [3.05, 3.63) is 35.9 Å². The number of hydrogen-bond donors (Lipinski definition) is 0. The van der Waals surface area contributed by atoms with Crippen LogP contribution in [0.25, 0.3) is 0 Å².